The molecule has 0 radical (unpaired) electrons. The minimum Gasteiger partial charge on any atom is -0.445 e. The molecule has 1 aromatic carbocycles. The molecule has 1 rings (SSSR count). The van der Waals surface area contributed by atoms with Crippen LogP contribution < -0.4 is 5.32 Å². The Hall–Kier alpha value is -1.55. The van der Waals surface area contributed by atoms with Crippen molar-refractivity contribution in [2.75, 3.05) is 6.61 Å². The maximum atomic E-state index is 11.7. The van der Waals surface area contributed by atoms with Gasteiger partial charge in [0.05, 0.1) is 0 Å². The van der Waals surface area contributed by atoms with Gasteiger partial charge in [-0.3, -0.25) is 0 Å². The van der Waals surface area contributed by atoms with Crippen LogP contribution >= 0.6 is 0 Å². The van der Waals surface area contributed by atoms with Gasteiger partial charge >= 0.3 is 6.09 Å². The minimum absolute atomic E-state index is 0.0340. The van der Waals surface area contributed by atoms with E-state index < -0.39 is 6.09 Å². The van der Waals surface area contributed by atoms with E-state index in [0.29, 0.717) is 12.3 Å². The molecule has 0 aliphatic rings. The Bertz CT molecular complexity index is 365. The van der Waals surface area contributed by atoms with Crippen molar-refractivity contribution in [3.8, 4) is 0 Å². The van der Waals surface area contributed by atoms with Crippen LogP contribution in [0.1, 0.15) is 32.3 Å². The smallest absolute Gasteiger partial charge is 0.407 e. The van der Waals surface area contributed by atoms with Gasteiger partial charge in [-0.15, -0.1) is 0 Å². The molecule has 0 aromatic heterocycles. The highest BCUT2D eigenvalue weighted by atomic mass is 16.5. The second kappa shape index (κ2) is 8.53. The fraction of sp³-hybridized carbons (Fsp3) is 0.533. The molecule has 0 aliphatic heterocycles. The number of benzene rings is 1. The zero-order valence-electron chi connectivity index (χ0n) is 11.6. The number of rotatable bonds is 7. The highest BCUT2D eigenvalue weighted by molar-refractivity contribution is 5.67. The highest BCUT2D eigenvalue weighted by Crippen LogP contribution is 2.08. The van der Waals surface area contributed by atoms with Crippen molar-refractivity contribution >= 4 is 6.09 Å². The lowest BCUT2D eigenvalue weighted by molar-refractivity contribution is 0.131. The molecule has 19 heavy (non-hydrogen) atoms. The summed E-state index contributed by atoms with van der Waals surface area (Å²) in [5.41, 5.74) is 0.959. The molecule has 1 amide bonds. The van der Waals surface area contributed by atoms with Crippen LogP contribution in [0.5, 0.6) is 0 Å². The van der Waals surface area contributed by atoms with Gasteiger partial charge in [-0.2, -0.15) is 0 Å². The van der Waals surface area contributed by atoms with Crippen molar-refractivity contribution in [2.45, 2.75) is 39.3 Å². The first kappa shape index (κ1) is 15.5. The lowest BCUT2D eigenvalue weighted by Crippen LogP contribution is -2.36. The lowest BCUT2D eigenvalue weighted by atomic mass is 10.0. The molecule has 0 heterocycles. The van der Waals surface area contributed by atoms with Gasteiger partial charge in [-0.25, -0.2) is 4.79 Å². The van der Waals surface area contributed by atoms with Gasteiger partial charge in [-0.05, 0) is 24.3 Å². The van der Waals surface area contributed by atoms with E-state index >= 15 is 0 Å². The summed E-state index contributed by atoms with van der Waals surface area (Å²) >= 11 is 0. The first-order valence-electron chi connectivity index (χ1n) is 6.70. The third-order valence-corrected chi connectivity index (χ3v) is 2.77. The Morgan fingerprint density at radius 2 is 2.00 bits per heavy atom. The molecule has 0 aliphatic carbocycles. The van der Waals surface area contributed by atoms with E-state index in [1.54, 1.807) is 0 Å². The van der Waals surface area contributed by atoms with Gasteiger partial charge in [0.2, 0.25) is 0 Å². The average molecular weight is 265 g/mol. The van der Waals surface area contributed by atoms with Crippen molar-refractivity contribution in [2.24, 2.45) is 5.92 Å². The predicted molar refractivity (Wildman–Crippen MR) is 74.7 cm³/mol. The summed E-state index contributed by atoms with van der Waals surface area (Å²) in [6, 6.07) is 9.52. The summed E-state index contributed by atoms with van der Waals surface area (Å²) in [4.78, 5) is 11.7. The Labute approximate surface area is 114 Å². The number of ether oxygens (including phenoxy) is 1. The molecule has 1 unspecified atom stereocenters. The van der Waals surface area contributed by atoms with Crippen LogP contribution in [0.2, 0.25) is 0 Å². The van der Waals surface area contributed by atoms with Crippen LogP contribution in [-0.2, 0) is 11.3 Å². The van der Waals surface area contributed by atoms with Crippen LogP contribution in [0, 0.1) is 5.92 Å². The fourth-order valence-corrected chi connectivity index (χ4v) is 1.91. The van der Waals surface area contributed by atoms with Gasteiger partial charge in [-0.1, -0.05) is 44.2 Å². The maximum absolute atomic E-state index is 11.7. The molecular weight excluding hydrogens is 242 g/mol. The number of carbonyl (C=O) groups is 1. The Morgan fingerprint density at radius 1 is 1.32 bits per heavy atom. The van der Waals surface area contributed by atoms with Gasteiger partial charge < -0.3 is 15.2 Å². The normalized spacial score (nSPS) is 12.2. The van der Waals surface area contributed by atoms with E-state index in [4.69, 9.17) is 9.84 Å². The number of carbonyl (C=O) groups excluding carboxylic acids is 1. The van der Waals surface area contributed by atoms with Crippen molar-refractivity contribution in [1.29, 1.82) is 0 Å². The number of alkyl carbamates (subject to hydrolysis) is 1. The van der Waals surface area contributed by atoms with Crippen LogP contribution in [-0.4, -0.2) is 23.8 Å². The van der Waals surface area contributed by atoms with Gasteiger partial charge in [0.15, 0.2) is 0 Å². The van der Waals surface area contributed by atoms with Crippen molar-refractivity contribution in [1.82, 2.24) is 5.32 Å². The third-order valence-electron chi connectivity index (χ3n) is 2.77. The summed E-state index contributed by atoms with van der Waals surface area (Å²) in [5.74, 6) is 0.464. The van der Waals surface area contributed by atoms with E-state index in [2.05, 4.69) is 19.2 Å². The first-order chi connectivity index (χ1) is 9.11. The Morgan fingerprint density at radius 3 is 2.58 bits per heavy atom. The molecule has 0 spiro atoms. The number of hydrogen-bond donors (Lipinski definition) is 2. The Balaban J connectivity index is 2.35. The molecule has 4 heteroatoms. The summed E-state index contributed by atoms with van der Waals surface area (Å²) < 4.78 is 5.15. The number of hydrogen-bond acceptors (Lipinski definition) is 3. The Kier molecular flexibility index (Phi) is 6.97. The molecule has 106 valence electrons. The first-order valence-corrected chi connectivity index (χ1v) is 6.70. The van der Waals surface area contributed by atoms with E-state index in [0.717, 1.165) is 12.0 Å². The maximum Gasteiger partial charge on any atom is 0.407 e. The molecule has 1 atom stereocenters. The topological polar surface area (TPSA) is 58.6 Å². The summed E-state index contributed by atoms with van der Waals surface area (Å²) in [7, 11) is 0. The van der Waals surface area contributed by atoms with E-state index in [1.807, 2.05) is 30.3 Å². The molecule has 0 saturated carbocycles. The highest BCUT2D eigenvalue weighted by Gasteiger charge is 2.14. The quantitative estimate of drug-likeness (QED) is 0.797. The second-order valence-electron chi connectivity index (χ2n) is 5.04. The molecule has 0 bridgehead atoms. The van der Waals surface area contributed by atoms with Crippen LogP contribution in [0.15, 0.2) is 30.3 Å². The van der Waals surface area contributed by atoms with Crippen molar-refractivity contribution < 1.29 is 14.6 Å². The number of nitrogens with one attached hydrogen (secondary N) is 1. The fourth-order valence-electron chi connectivity index (χ4n) is 1.91. The molecule has 4 nitrogen and oxygen atoms in total. The molecule has 0 saturated heterocycles. The zero-order chi connectivity index (χ0) is 14.1. The summed E-state index contributed by atoms with van der Waals surface area (Å²) in [6.07, 6.45) is 0.961. The number of aliphatic hydroxyl groups excluding tert-OH is 1. The standard InChI is InChI=1S/C15H23NO3/c1-12(2)10-14(8-9-17)16-15(18)19-11-13-6-4-3-5-7-13/h3-7,12,14,17H,8-11H2,1-2H3,(H,16,18). The number of aliphatic hydroxyl groups is 1. The van der Waals surface area contributed by atoms with Crippen LogP contribution in [0.3, 0.4) is 0 Å². The van der Waals surface area contributed by atoms with Crippen molar-refractivity contribution in [3.63, 3.8) is 0 Å². The monoisotopic (exact) mass is 265 g/mol. The zero-order valence-corrected chi connectivity index (χ0v) is 11.6. The van der Waals surface area contributed by atoms with E-state index in [9.17, 15) is 4.79 Å². The van der Waals surface area contributed by atoms with Gasteiger partial charge in [0.25, 0.3) is 0 Å². The van der Waals surface area contributed by atoms with E-state index in [1.165, 1.54) is 0 Å². The van der Waals surface area contributed by atoms with Crippen LogP contribution in [0.4, 0.5) is 4.79 Å². The van der Waals surface area contributed by atoms with Gasteiger partial charge in [0, 0.05) is 12.6 Å². The van der Waals surface area contributed by atoms with Crippen molar-refractivity contribution in [3.05, 3.63) is 35.9 Å². The lowest BCUT2D eigenvalue weighted by Gasteiger charge is -2.19. The molecule has 2 N–H and O–H groups in total. The predicted octanol–water partition coefficient (Wildman–Crippen LogP) is 2.71. The molecule has 1 aromatic rings. The SMILES string of the molecule is CC(C)CC(CCO)NC(=O)OCc1ccccc1. The number of amides is 1. The average Bonchev–Trinajstić information content (AvgIpc) is 2.37. The van der Waals surface area contributed by atoms with Crippen LogP contribution in [0.25, 0.3) is 0 Å². The second-order valence-corrected chi connectivity index (χ2v) is 5.04. The van der Waals surface area contributed by atoms with Gasteiger partial charge in [0.1, 0.15) is 6.61 Å². The summed E-state index contributed by atoms with van der Waals surface area (Å²) in [6.45, 7) is 4.50. The third kappa shape index (κ3) is 6.82. The molecular formula is C15H23NO3. The van der Waals surface area contributed by atoms with E-state index in [-0.39, 0.29) is 19.3 Å². The molecule has 0 fully saturated rings. The minimum atomic E-state index is -0.428. The summed E-state index contributed by atoms with van der Waals surface area (Å²) in [5, 5.41) is 11.8. The largest absolute Gasteiger partial charge is 0.445 e.